The molecule has 2 fully saturated rings. The van der Waals surface area contributed by atoms with Gasteiger partial charge in [-0.25, -0.2) is 8.78 Å². The van der Waals surface area contributed by atoms with Crippen LogP contribution in [0.25, 0.3) is 16.6 Å². The van der Waals surface area contributed by atoms with Crippen LogP contribution in [-0.4, -0.2) is 76.4 Å². The van der Waals surface area contributed by atoms with Crippen LogP contribution in [-0.2, 0) is 4.79 Å². The minimum atomic E-state index is -0.555. The highest BCUT2D eigenvalue weighted by Gasteiger charge is 2.38. The molecule has 2 saturated heterocycles. The van der Waals surface area contributed by atoms with Gasteiger partial charge in [-0.15, -0.1) is 12.6 Å². The molecule has 0 saturated carbocycles. The number of fused-ring (bicyclic) bond motifs is 1. The van der Waals surface area contributed by atoms with Crippen LogP contribution in [0.5, 0.6) is 0 Å². The van der Waals surface area contributed by atoms with E-state index in [1.54, 1.807) is 51.0 Å². The molecule has 10 heteroatoms. The van der Waals surface area contributed by atoms with Gasteiger partial charge in [0.1, 0.15) is 11.6 Å². The van der Waals surface area contributed by atoms with Gasteiger partial charge in [0.15, 0.2) is 0 Å². The molecule has 3 aromatic rings. The van der Waals surface area contributed by atoms with E-state index in [9.17, 15) is 14.0 Å². The Labute approximate surface area is 219 Å². The normalized spacial score (nSPS) is 16.8. The first-order valence-electron chi connectivity index (χ1n) is 12.0. The molecular formula is C27H27F2N5O2S. The first kappa shape index (κ1) is 25.0. The zero-order valence-electron chi connectivity index (χ0n) is 20.1. The van der Waals surface area contributed by atoms with Crippen molar-refractivity contribution in [2.24, 2.45) is 0 Å². The third-order valence-corrected chi connectivity index (χ3v) is 7.15. The van der Waals surface area contributed by atoms with Gasteiger partial charge in [0.05, 0.1) is 16.8 Å². The van der Waals surface area contributed by atoms with Gasteiger partial charge in [-0.3, -0.25) is 14.5 Å². The van der Waals surface area contributed by atoms with Crippen LogP contribution < -0.4 is 5.32 Å². The molecule has 2 aliphatic heterocycles. The molecule has 2 amide bonds. The molecule has 192 valence electrons. The van der Waals surface area contributed by atoms with Crippen LogP contribution in [0, 0.1) is 11.6 Å². The molecule has 0 bridgehead atoms. The Morgan fingerprint density at radius 1 is 0.973 bits per heavy atom. The molecule has 3 heterocycles. The average molecular weight is 524 g/mol. The fourth-order valence-electron chi connectivity index (χ4n) is 4.88. The minimum Gasteiger partial charge on any atom is -0.357 e. The molecule has 0 aliphatic carbocycles. The first-order valence-corrected chi connectivity index (χ1v) is 12.5. The summed E-state index contributed by atoms with van der Waals surface area (Å²) in [6.45, 7) is 7.34. The van der Waals surface area contributed by atoms with Crippen LogP contribution in [0.1, 0.15) is 10.4 Å². The number of hydrogen-bond acceptors (Lipinski definition) is 5. The van der Waals surface area contributed by atoms with E-state index in [2.05, 4.69) is 29.4 Å². The number of amides is 2. The minimum absolute atomic E-state index is 0.0412. The highest BCUT2D eigenvalue weighted by atomic mass is 32.1. The summed E-state index contributed by atoms with van der Waals surface area (Å²) in [5.41, 5.74) is 1.65. The average Bonchev–Trinajstić information content (AvgIpc) is 3.32. The van der Waals surface area contributed by atoms with Gasteiger partial charge < -0.3 is 19.7 Å². The quantitative estimate of drug-likeness (QED) is 0.384. The Morgan fingerprint density at radius 3 is 2.35 bits per heavy atom. The largest absolute Gasteiger partial charge is 0.357 e. The van der Waals surface area contributed by atoms with Crippen LogP contribution >= 0.6 is 12.6 Å². The number of rotatable bonds is 6. The lowest BCUT2D eigenvalue weighted by molar-refractivity contribution is -0.129. The first-order chi connectivity index (χ1) is 17.9. The van der Waals surface area contributed by atoms with E-state index in [0.717, 1.165) is 0 Å². The SMILES string of the molecule is C=C(N/C=C\S)C(=O)N1CCN(C2CN(C(=O)c3ccc4c(ccn4-c4ccc(F)cc4)c3F)C2)CC1. The molecule has 0 atom stereocenters. The molecule has 1 N–H and O–H groups in total. The summed E-state index contributed by atoms with van der Waals surface area (Å²) in [6, 6.07) is 11.0. The van der Waals surface area contributed by atoms with Crippen molar-refractivity contribution in [1.82, 2.24) is 24.6 Å². The Balaban J connectivity index is 1.19. The Hall–Kier alpha value is -3.63. The number of benzene rings is 2. The van der Waals surface area contributed by atoms with Gasteiger partial charge >= 0.3 is 0 Å². The van der Waals surface area contributed by atoms with E-state index in [1.807, 2.05) is 0 Å². The molecule has 0 spiro atoms. The van der Waals surface area contributed by atoms with Gasteiger partial charge in [0.2, 0.25) is 0 Å². The highest BCUT2D eigenvalue weighted by Crippen LogP contribution is 2.28. The summed E-state index contributed by atoms with van der Waals surface area (Å²) < 4.78 is 30.4. The lowest BCUT2D eigenvalue weighted by atomic mass is 10.0. The summed E-state index contributed by atoms with van der Waals surface area (Å²) in [5, 5.41) is 4.64. The van der Waals surface area contributed by atoms with Gasteiger partial charge in [0, 0.05) is 68.8 Å². The lowest BCUT2D eigenvalue weighted by Crippen LogP contribution is -2.64. The van der Waals surface area contributed by atoms with Crippen LogP contribution in [0.3, 0.4) is 0 Å². The number of piperazine rings is 1. The summed E-state index contributed by atoms with van der Waals surface area (Å²) in [7, 11) is 0. The van der Waals surface area contributed by atoms with Crippen molar-refractivity contribution in [3.63, 3.8) is 0 Å². The molecule has 0 radical (unpaired) electrons. The molecule has 1 aromatic heterocycles. The van der Waals surface area contributed by atoms with Crippen molar-refractivity contribution >= 4 is 35.3 Å². The lowest BCUT2D eigenvalue weighted by Gasteiger charge is -2.48. The predicted molar refractivity (Wildman–Crippen MR) is 141 cm³/mol. The van der Waals surface area contributed by atoms with Crippen molar-refractivity contribution in [1.29, 1.82) is 0 Å². The molecule has 2 aromatic carbocycles. The van der Waals surface area contributed by atoms with Crippen LogP contribution in [0.15, 0.2) is 72.5 Å². The summed E-state index contributed by atoms with van der Waals surface area (Å²) in [4.78, 5) is 31.2. The summed E-state index contributed by atoms with van der Waals surface area (Å²) in [5.74, 6) is -1.38. The third kappa shape index (κ3) is 4.86. The van der Waals surface area contributed by atoms with Gasteiger partial charge in [-0.2, -0.15) is 0 Å². The summed E-state index contributed by atoms with van der Waals surface area (Å²) >= 11 is 3.95. The van der Waals surface area contributed by atoms with Crippen LogP contribution in [0.2, 0.25) is 0 Å². The zero-order valence-corrected chi connectivity index (χ0v) is 21.0. The van der Waals surface area contributed by atoms with Gasteiger partial charge in [-0.1, -0.05) is 6.58 Å². The number of likely N-dealkylation sites (tertiary alicyclic amines) is 1. The number of thiol groups is 1. The van der Waals surface area contributed by atoms with Crippen LogP contribution in [0.4, 0.5) is 8.78 Å². The Morgan fingerprint density at radius 2 is 1.68 bits per heavy atom. The third-order valence-electron chi connectivity index (χ3n) is 7.00. The van der Waals surface area contributed by atoms with E-state index in [4.69, 9.17) is 0 Å². The molecule has 7 nitrogen and oxygen atoms in total. The number of halogens is 2. The molecule has 0 unspecified atom stereocenters. The maximum atomic E-state index is 15.4. The number of nitrogens with zero attached hydrogens (tertiary/aromatic N) is 4. The monoisotopic (exact) mass is 523 g/mol. The smallest absolute Gasteiger partial charge is 0.269 e. The molecule has 37 heavy (non-hydrogen) atoms. The second-order valence-electron chi connectivity index (χ2n) is 9.15. The second kappa shape index (κ2) is 10.4. The number of carbonyl (C=O) groups is 2. The number of aromatic nitrogens is 1. The van der Waals surface area contributed by atoms with E-state index in [0.29, 0.717) is 61.6 Å². The number of nitrogens with one attached hydrogen (secondary N) is 1. The van der Waals surface area contributed by atoms with E-state index in [1.165, 1.54) is 23.6 Å². The standard InChI is InChI=1S/C27H27F2N5O2S/c1-18(30-9-15-37)26(35)32-13-11-31(12-14-32)21-16-33(17-21)27(36)23-6-7-24-22(25(23)29)8-10-34(24)20-4-2-19(28)3-5-20/h2-10,15,21,30,37H,1,11-14,16-17H2/b15-9-. The topological polar surface area (TPSA) is 60.8 Å². The molecule has 2 aliphatic rings. The fraction of sp³-hybridized carbons (Fsp3) is 0.259. The van der Waals surface area contributed by atoms with Gasteiger partial charge in [0.25, 0.3) is 11.8 Å². The van der Waals surface area contributed by atoms with E-state index >= 15 is 4.39 Å². The Bertz CT molecular complexity index is 1370. The maximum Gasteiger partial charge on any atom is 0.269 e. The van der Waals surface area contributed by atoms with Crippen molar-refractivity contribution in [3.8, 4) is 5.69 Å². The fourth-order valence-corrected chi connectivity index (χ4v) is 4.95. The van der Waals surface area contributed by atoms with Crippen molar-refractivity contribution in [2.75, 3.05) is 39.3 Å². The highest BCUT2D eigenvalue weighted by molar-refractivity contribution is 7.83. The Kier molecular flexibility index (Phi) is 7.03. The molecular weight excluding hydrogens is 496 g/mol. The number of carbonyl (C=O) groups excluding carboxylic acids is 2. The maximum absolute atomic E-state index is 15.4. The van der Waals surface area contributed by atoms with Gasteiger partial charge in [-0.05, 0) is 47.9 Å². The van der Waals surface area contributed by atoms with E-state index in [-0.39, 0.29) is 29.2 Å². The predicted octanol–water partition coefficient (Wildman–Crippen LogP) is 3.38. The number of hydrogen-bond donors (Lipinski definition) is 2. The van der Waals surface area contributed by atoms with Crippen molar-refractivity contribution < 1.29 is 18.4 Å². The van der Waals surface area contributed by atoms with E-state index < -0.39 is 5.82 Å². The van der Waals surface area contributed by atoms with Crippen molar-refractivity contribution in [3.05, 3.63) is 89.7 Å². The second-order valence-corrected chi connectivity index (χ2v) is 9.45. The zero-order chi connectivity index (χ0) is 26.1. The summed E-state index contributed by atoms with van der Waals surface area (Å²) in [6.07, 6.45) is 3.25. The molecule has 5 rings (SSSR count). The van der Waals surface area contributed by atoms with Crippen molar-refractivity contribution in [2.45, 2.75) is 6.04 Å².